The molecule has 3 nitrogen and oxygen atoms in total. The van der Waals surface area contributed by atoms with Crippen LogP contribution in [-0.2, 0) is 11.2 Å². The van der Waals surface area contributed by atoms with E-state index in [1.54, 1.807) is 0 Å². The van der Waals surface area contributed by atoms with E-state index in [4.69, 9.17) is 15.2 Å². The van der Waals surface area contributed by atoms with Crippen LogP contribution in [0.5, 0.6) is 5.75 Å². The maximum absolute atomic E-state index is 6.70. The van der Waals surface area contributed by atoms with Gasteiger partial charge in [-0.1, -0.05) is 38.0 Å². The van der Waals surface area contributed by atoms with Crippen LogP contribution in [0.1, 0.15) is 56.2 Å². The van der Waals surface area contributed by atoms with Crippen LogP contribution in [0.3, 0.4) is 0 Å². The highest BCUT2D eigenvalue weighted by Crippen LogP contribution is 2.45. The zero-order valence-electron chi connectivity index (χ0n) is 13.2. The highest BCUT2D eigenvalue weighted by atomic mass is 16.5. The Bertz CT molecular complexity index is 502. The highest BCUT2D eigenvalue weighted by molar-refractivity contribution is 5.45. The Labute approximate surface area is 127 Å². The Morgan fingerprint density at radius 1 is 1.38 bits per heavy atom. The molecule has 1 fully saturated rings. The van der Waals surface area contributed by atoms with Crippen molar-refractivity contribution in [3.8, 4) is 5.75 Å². The Balaban J connectivity index is 1.95. The van der Waals surface area contributed by atoms with Gasteiger partial charge in [0.2, 0.25) is 0 Å². The average Bonchev–Trinajstić information content (AvgIpc) is 2.53. The molecule has 21 heavy (non-hydrogen) atoms. The molecule has 0 amide bonds. The average molecular weight is 289 g/mol. The van der Waals surface area contributed by atoms with Gasteiger partial charge in [0.15, 0.2) is 0 Å². The second kappa shape index (κ2) is 5.98. The van der Waals surface area contributed by atoms with Gasteiger partial charge < -0.3 is 15.2 Å². The van der Waals surface area contributed by atoms with Gasteiger partial charge >= 0.3 is 0 Å². The van der Waals surface area contributed by atoms with E-state index in [-0.39, 0.29) is 11.6 Å². The highest BCUT2D eigenvalue weighted by Gasteiger charge is 2.42. The number of methoxy groups -OCH3 is 1. The Morgan fingerprint density at radius 2 is 2.24 bits per heavy atom. The van der Waals surface area contributed by atoms with E-state index in [1.165, 1.54) is 18.4 Å². The standard InChI is InChI=1S/C18H27NO2/c1-13-6-4-10-18(12-13,20-2)17(19)15-9-3-7-14-8-5-11-21-16(14)15/h3,7,9,13,17H,4-6,8,10-12,19H2,1-2H3. The van der Waals surface area contributed by atoms with Crippen LogP contribution >= 0.6 is 0 Å². The summed E-state index contributed by atoms with van der Waals surface area (Å²) in [5, 5.41) is 0. The molecule has 1 saturated carbocycles. The first-order chi connectivity index (χ1) is 10.2. The molecule has 2 N–H and O–H groups in total. The van der Waals surface area contributed by atoms with Crippen LogP contribution in [0.15, 0.2) is 18.2 Å². The summed E-state index contributed by atoms with van der Waals surface area (Å²) in [6.07, 6.45) is 6.73. The van der Waals surface area contributed by atoms with E-state index in [0.717, 1.165) is 43.6 Å². The van der Waals surface area contributed by atoms with Gasteiger partial charge in [0.05, 0.1) is 18.2 Å². The lowest BCUT2D eigenvalue weighted by atomic mass is 9.72. The minimum Gasteiger partial charge on any atom is -0.493 e. The van der Waals surface area contributed by atoms with Crippen LogP contribution in [0, 0.1) is 5.92 Å². The van der Waals surface area contributed by atoms with Crippen molar-refractivity contribution >= 4 is 0 Å². The van der Waals surface area contributed by atoms with Gasteiger partial charge in [0, 0.05) is 12.7 Å². The molecule has 0 bridgehead atoms. The first-order valence-corrected chi connectivity index (χ1v) is 8.21. The Morgan fingerprint density at radius 3 is 3.00 bits per heavy atom. The third kappa shape index (κ3) is 2.69. The first-order valence-electron chi connectivity index (χ1n) is 8.21. The number of rotatable bonds is 3. The monoisotopic (exact) mass is 289 g/mol. The quantitative estimate of drug-likeness (QED) is 0.924. The molecule has 2 aliphatic rings. The number of hydrogen-bond acceptors (Lipinski definition) is 3. The summed E-state index contributed by atoms with van der Waals surface area (Å²) in [6.45, 7) is 3.10. The predicted octanol–water partition coefficient (Wildman–Crippen LogP) is 3.61. The number of benzene rings is 1. The lowest BCUT2D eigenvalue weighted by Crippen LogP contribution is -2.46. The lowest BCUT2D eigenvalue weighted by Gasteiger charge is -2.43. The summed E-state index contributed by atoms with van der Waals surface area (Å²) >= 11 is 0. The van der Waals surface area contributed by atoms with Gasteiger partial charge in [-0.3, -0.25) is 0 Å². The van der Waals surface area contributed by atoms with Gasteiger partial charge in [-0.15, -0.1) is 0 Å². The summed E-state index contributed by atoms with van der Waals surface area (Å²) < 4.78 is 11.9. The van der Waals surface area contributed by atoms with Gasteiger partial charge in [0.1, 0.15) is 5.75 Å². The first kappa shape index (κ1) is 14.9. The molecule has 3 heteroatoms. The predicted molar refractivity (Wildman–Crippen MR) is 84.6 cm³/mol. The van der Waals surface area contributed by atoms with Crippen LogP contribution in [0.25, 0.3) is 0 Å². The number of para-hydroxylation sites is 1. The molecule has 0 aromatic heterocycles. The molecule has 3 rings (SSSR count). The van der Waals surface area contributed by atoms with E-state index in [9.17, 15) is 0 Å². The number of aryl methyl sites for hydroxylation is 1. The molecule has 0 saturated heterocycles. The van der Waals surface area contributed by atoms with Crippen molar-refractivity contribution in [2.75, 3.05) is 13.7 Å². The minimum absolute atomic E-state index is 0.113. The molecule has 0 spiro atoms. The van der Waals surface area contributed by atoms with Crippen LogP contribution < -0.4 is 10.5 Å². The number of ether oxygens (including phenoxy) is 2. The third-order valence-corrected chi connectivity index (χ3v) is 5.26. The largest absolute Gasteiger partial charge is 0.493 e. The summed E-state index contributed by atoms with van der Waals surface area (Å²) in [6, 6.07) is 6.28. The van der Waals surface area contributed by atoms with Crippen molar-refractivity contribution in [2.24, 2.45) is 11.7 Å². The van der Waals surface area contributed by atoms with E-state index < -0.39 is 0 Å². The van der Waals surface area contributed by atoms with Crippen molar-refractivity contribution in [2.45, 2.75) is 57.1 Å². The molecule has 1 aliphatic heterocycles. The van der Waals surface area contributed by atoms with Gasteiger partial charge in [-0.25, -0.2) is 0 Å². The number of fused-ring (bicyclic) bond motifs is 1. The molecule has 3 atom stereocenters. The fraction of sp³-hybridized carbons (Fsp3) is 0.667. The molecule has 1 aliphatic carbocycles. The topological polar surface area (TPSA) is 44.5 Å². The molecule has 1 heterocycles. The zero-order chi connectivity index (χ0) is 14.9. The van der Waals surface area contributed by atoms with Crippen molar-refractivity contribution < 1.29 is 9.47 Å². The minimum atomic E-state index is -0.242. The molecular weight excluding hydrogens is 262 g/mol. The van der Waals surface area contributed by atoms with E-state index in [1.807, 2.05) is 7.11 Å². The number of nitrogens with two attached hydrogens (primary N) is 1. The molecule has 0 radical (unpaired) electrons. The fourth-order valence-electron chi connectivity index (χ4n) is 4.08. The SMILES string of the molecule is COC1(C(N)c2cccc3c2OCCC3)CCCC(C)C1. The van der Waals surface area contributed by atoms with Crippen LogP contribution in [-0.4, -0.2) is 19.3 Å². The van der Waals surface area contributed by atoms with Crippen LogP contribution in [0.4, 0.5) is 0 Å². The summed E-state index contributed by atoms with van der Waals surface area (Å²) in [5.41, 5.74) is 8.88. The normalized spacial score (nSPS) is 30.3. The lowest BCUT2D eigenvalue weighted by molar-refractivity contribution is -0.0723. The summed E-state index contributed by atoms with van der Waals surface area (Å²) in [4.78, 5) is 0. The zero-order valence-corrected chi connectivity index (χ0v) is 13.2. The summed E-state index contributed by atoms with van der Waals surface area (Å²) in [7, 11) is 1.81. The Kier molecular flexibility index (Phi) is 4.23. The van der Waals surface area contributed by atoms with Gasteiger partial charge in [-0.2, -0.15) is 0 Å². The van der Waals surface area contributed by atoms with Crippen molar-refractivity contribution in [1.29, 1.82) is 0 Å². The number of hydrogen-bond donors (Lipinski definition) is 1. The van der Waals surface area contributed by atoms with Crippen molar-refractivity contribution in [3.63, 3.8) is 0 Å². The van der Waals surface area contributed by atoms with Crippen molar-refractivity contribution in [1.82, 2.24) is 0 Å². The van der Waals surface area contributed by atoms with Gasteiger partial charge in [0.25, 0.3) is 0 Å². The third-order valence-electron chi connectivity index (χ3n) is 5.26. The van der Waals surface area contributed by atoms with E-state index in [2.05, 4.69) is 25.1 Å². The summed E-state index contributed by atoms with van der Waals surface area (Å²) in [5.74, 6) is 1.69. The van der Waals surface area contributed by atoms with E-state index >= 15 is 0 Å². The molecule has 1 aromatic carbocycles. The van der Waals surface area contributed by atoms with E-state index in [0.29, 0.717) is 5.92 Å². The maximum Gasteiger partial charge on any atom is 0.127 e. The molecular formula is C18H27NO2. The second-order valence-electron chi connectivity index (χ2n) is 6.74. The van der Waals surface area contributed by atoms with Crippen LogP contribution in [0.2, 0.25) is 0 Å². The molecule has 1 aromatic rings. The molecule has 3 unspecified atom stereocenters. The second-order valence-corrected chi connectivity index (χ2v) is 6.74. The maximum atomic E-state index is 6.70. The molecule has 116 valence electrons. The smallest absolute Gasteiger partial charge is 0.127 e. The fourth-order valence-corrected chi connectivity index (χ4v) is 4.08. The van der Waals surface area contributed by atoms with Crippen molar-refractivity contribution in [3.05, 3.63) is 29.3 Å². The Hall–Kier alpha value is -1.06. The van der Waals surface area contributed by atoms with Gasteiger partial charge in [-0.05, 0) is 37.2 Å².